The van der Waals surface area contributed by atoms with Crippen LogP contribution in [0.1, 0.15) is 18.4 Å². The second kappa shape index (κ2) is 7.69. The summed E-state index contributed by atoms with van der Waals surface area (Å²) in [6.07, 6.45) is 0. The van der Waals surface area contributed by atoms with Crippen LogP contribution in [0.15, 0.2) is 36.4 Å². The van der Waals surface area contributed by atoms with Crippen molar-refractivity contribution in [2.45, 2.75) is 17.2 Å². The Morgan fingerprint density at radius 1 is 0.963 bits per heavy atom. The van der Waals surface area contributed by atoms with Gasteiger partial charge in [-0.05, 0) is 42.0 Å². The summed E-state index contributed by atoms with van der Waals surface area (Å²) < 4.78 is -1.27. The van der Waals surface area contributed by atoms with Crippen LogP contribution in [0.4, 0.5) is 11.4 Å². The highest BCUT2D eigenvalue weighted by atomic mass is 35.5. The highest BCUT2D eigenvalue weighted by Crippen LogP contribution is 2.65. The molecule has 2 aromatic rings. The lowest BCUT2D eigenvalue weighted by atomic mass is 10.1. The maximum Gasteiger partial charge on any atom is 0.231 e. The molecule has 0 saturated heterocycles. The van der Waals surface area contributed by atoms with E-state index in [0.717, 1.165) is 0 Å². The Balaban J connectivity index is 1.79. The fraction of sp³-hybridized carbons (Fsp3) is 0.222. The topological polar surface area (TPSA) is 58.2 Å². The molecule has 1 aliphatic carbocycles. The van der Waals surface area contributed by atoms with Crippen molar-refractivity contribution in [1.29, 1.82) is 0 Å². The summed E-state index contributed by atoms with van der Waals surface area (Å²) in [7, 11) is 0. The molecule has 3 rings (SSSR count). The SMILES string of the molecule is CC(=O)Nc1cc(NC(=O)[C@H]2[C@H](c3cc(Cl)cc(Cl)c3)C2(Cl)Cl)ccc1Cl. The first-order valence-corrected chi connectivity index (χ1v) is 9.70. The lowest BCUT2D eigenvalue weighted by Crippen LogP contribution is -2.17. The van der Waals surface area contributed by atoms with Crippen molar-refractivity contribution < 1.29 is 9.59 Å². The third-order valence-electron chi connectivity index (χ3n) is 4.12. The molecule has 27 heavy (non-hydrogen) atoms. The fourth-order valence-corrected chi connectivity index (χ4v) is 4.47. The third-order valence-corrected chi connectivity index (χ3v) is 5.83. The summed E-state index contributed by atoms with van der Waals surface area (Å²) >= 11 is 30.8. The summed E-state index contributed by atoms with van der Waals surface area (Å²) in [6.45, 7) is 1.36. The molecule has 2 N–H and O–H groups in total. The second-order valence-corrected chi connectivity index (χ2v) is 8.92. The number of alkyl halides is 2. The van der Waals surface area contributed by atoms with Crippen LogP contribution in [0.2, 0.25) is 15.1 Å². The van der Waals surface area contributed by atoms with E-state index >= 15 is 0 Å². The minimum Gasteiger partial charge on any atom is -0.326 e. The molecule has 0 aliphatic heterocycles. The molecule has 0 radical (unpaired) electrons. The molecule has 1 aliphatic rings. The highest BCUT2D eigenvalue weighted by Gasteiger charge is 2.67. The Hall–Kier alpha value is -1.17. The molecule has 142 valence electrons. The number of carbonyl (C=O) groups is 2. The molecule has 0 unspecified atom stereocenters. The Bertz CT molecular complexity index is 912. The standard InChI is InChI=1S/C18H13Cl5N2O2/c1-8(26)24-14-7-12(2-3-13(14)21)25-17(27)16-15(18(16,22)23)9-4-10(19)6-11(20)5-9/h2-7,15-16H,1H3,(H,24,26)(H,25,27)/t15-,16+/m0/s1. The number of anilines is 2. The van der Waals surface area contributed by atoms with Crippen LogP contribution in [-0.2, 0) is 9.59 Å². The van der Waals surface area contributed by atoms with Crippen molar-refractivity contribution in [1.82, 2.24) is 0 Å². The van der Waals surface area contributed by atoms with E-state index in [-0.39, 0.29) is 11.8 Å². The Morgan fingerprint density at radius 3 is 2.19 bits per heavy atom. The smallest absolute Gasteiger partial charge is 0.231 e. The van der Waals surface area contributed by atoms with Crippen LogP contribution in [0.25, 0.3) is 0 Å². The average molecular weight is 467 g/mol. The first-order chi connectivity index (χ1) is 12.6. The van der Waals surface area contributed by atoms with Gasteiger partial charge in [0.05, 0.1) is 16.6 Å². The van der Waals surface area contributed by atoms with Crippen molar-refractivity contribution in [3.63, 3.8) is 0 Å². The molecular weight excluding hydrogens is 453 g/mol. The Morgan fingerprint density at radius 2 is 1.59 bits per heavy atom. The Kier molecular flexibility index (Phi) is 5.85. The van der Waals surface area contributed by atoms with Gasteiger partial charge in [-0.3, -0.25) is 9.59 Å². The first kappa shape index (κ1) is 20.6. The fourth-order valence-electron chi connectivity index (χ4n) is 2.93. The van der Waals surface area contributed by atoms with Gasteiger partial charge in [-0.25, -0.2) is 0 Å². The Labute approximate surface area is 181 Å². The van der Waals surface area contributed by atoms with Gasteiger partial charge >= 0.3 is 0 Å². The van der Waals surface area contributed by atoms with Gasteiger partial charge in [-0.15, -0.1) is 23.2 Å². The molecule has 0 bridgehead atoms. The van der Waals surface area contributed by atoms with Gasteiger partial charge in [0.1, 0.15) is 4.33 Å². The molecular formula is C18H13Cl5N2O2. The molecule has 1 saturated carbocycles. The predicted octanol–water partition coefficient (Wildman–Crippen LogP) is 6.13. The first-order valence-electron chi connectivity index (χ1n) is 7.81. The summed E-state index contributed by atoms with van der Waals surface area (Å²) in [5, 5.41) is 6.56. The van der Waals surface area contributed by atoms with Crippen molar-refractivity contribution in [2.24, 2.45) is 5.92 Å². The van der Waals surface area contributed by atoms with Crippen molar-refractivity contribution in [2.75, 3.05) is 10.6 Å². The van der Waals surface area contributed by atoms with E-state index in [4.69, 9.17) is 58.0 Å². The largest absolute Gasteiger partial charge is 0.326 e. The summed E-state index contributed by atoms with van der Waals surface area (Å²) in [4.78, 5) is 23.9. The highest BCUT2D eigenvalue weighted by molar-refractivity contribution is 6.53. The molecule has 0 heterocycles. The van der Waals surface area contributed by atoms with E-state index < -0.39 is 16.2 Å². The lowest BCUT2D eigenvalue weighted by molar-refractivity contribution is -0.117. The maximum atomic E-state index is 12.7. The zero-order valence-corrected chi connectivity index (χ0v) is 17.6. The molecule has 2 atom stereocenters. The molecule has 4 nitrogen and oxygen atoms in total. The number of hydrogen-bond donors (Lipinski definition) is 2. The number of amides is 2. The number of halogens is 5. The van der Waals surface area contributed by atoms with Crippen LogP contribution in [0.5, 0.6) is 0 Å². The van der Waals surface area contributed by atoms with Crippen molar-refractivity contribution in [3.8, 4) is 0 Å². The van der Waals surface area contributed by atoms with Crippen molar-refractivity contribution >= 4 is 81.2 Å². The van der Waals surface area contributed by atoms with E-state index in [2.05, 4.69) is 10.6 Å². The maximum absolute atomic E-state index is 12.7. The number of nitrogens with one attached hydrogen (secondary N) is 2. The molecule has 2 aromatic carbocycles. The minimum absolute atomic E-state index is 0.277. The summed E-state index contributed by atoms with van der Waals surface area (Å²) in [5.41, 5.74) is 1.53. The number of carbonyl (C=O) groups excluding carboxylic acids is 2. The second-order valence-electron chi connectivity index (χ2n) is 6.20. The number of hydrogen-bond acceptors (Lipinski definition) is 2. The van der Waals surface area contributed by atoms with Gasteiger partial charge in [-0.1, -0.05) is 34.8 Å². The lowest BCUT2D eigenvalue weighted by Gasteiger charge is -2.09. The van der Waals surface area contributed by atoms with E-state index in [9.17, 15) is 9.59 Å². The van der Waals surface area contributed by atoms with Gasteiger partial charge in [0.2, 0.25) is 11.8 Å². The van der Waals surface area contributed by atoms with Gasteiger partial charge in [0, 0.05) is 28.6 Å². The monoisotopic (exact) mass is 464 g/mol. The molecule has 2 amide bonds. The number of benzene rings is 2. The van der Waals surface area contributed by atoms with E-state index in [1.165, 1.54) is 6.92 Å². The van der Waals surface area contributed by atoms with Gasteiger partial charge < -0.3 is 10.6 Å². The zero-order valence-electron chi connectivity index (χ0n) is 13.8. The van der Waals surface area contributed by atoms with Crippen molar-refractivity contribution in [3.05, 3.63) is 57.0 Å². The van der Waals surface area contributed by atoms with Gasteiger partial charge in [0.25, 0.3) is 0 Å². The predicted molar refractivity (Wildman–Crippen MR) is 112 cm³/mol. The van der Waals surface area contributed by atoms with Gasteiger partial charge in [0.15, 0.2) is 0 Å². The van der Waals surface area contributed by atoms with E-state index in [0.29, 0.717) is 32.0 Å². The van der Waals surface area contributed by atoms with Crippen LogP contribution in [-0.4, -0.2) is 16.1 Å². The molecule has 0 spiro atoms. The van der Waals surface area contributed by atoms with Crippen LogP contribution >= 0.6 is 58.0 Å². The molecule has 1 fully saturated rings. The quantitative estimate of drug-likeness (QED) is 0.533. The average Bonchev–Trinajstić information content (AvgIpc) is 3.12. The third kappa shape index (κ3) is 4.47. The van der Waals surface area contributed by atoms with E-state index in [1.54, 1.807) is 36.4 Å². The molecule has 0 aromatic heterocycles. The summed E-state index contributed by atoms with van der Waals surface area (Å²) in [6, 6.07) is 9.69. The van der Waals surface area contributed by atoms with Crippen LogP contribution in [0, 0.1) is 5.92 Å². The number of rotatable bonds is 4. The van der Waals surface area contributed by atoms with Crippen LogP contribution in [0.3, 0.4) is 0 Å². The van der Waals surface area contributed by atoms with Gasteiger partial charge in [-0.2, -0.15) is 0 Å². The zero-order chi connectivity index (χ0) is 19.9. The normalized spacial score (nSPS) is 20.1. The summed E-state index contributed by atoms with van der Waals surface area (Å²) in [5.74, 6) is -1.77. The molecule has 9 heteroatoms. The minimum atomic E-state index is -1.27. The van der Waals surface area contributed by atoms with E-state index in [1.807, 2.05) is 0 Å². The van der Waals surface area contributed by atoms with Crippen LogP contribution < -0.4 is 10.6 Å².